The van der Waals surface area contributed by atoms with Crippen molar-refractivity contribution in [3.05, 3.63) is 24.3 Å². The van der Waals surface area contributed by atoms with Crippen LogP contribution in [0.5, 0.6) is 0 Å². The van der Waals surface area contributed by atoms with Gasteiger partial charge in [-0.1, -0.05) is 12.2 Å². The second-order valence-corrected chi connectivity index (χ2v) is 2.11. The standard InChI is InChI=1S/C8H8O2/c9-7-5-3-1-2-4-6-8(7)10/h3-6H,1-2H2. The molecule has 0 aromatic heterocycles. The lowest BCUT2D eigenvalue weighted by molar-refractivity contribution is -0.130. The Morgan fingerprint density at radius 1 is 0.900 bits per heavy atom. The van der Waals surface area contributed by atoms with Crippen molar-refractivity contribution in [2.24, 2.45) is 0 Å². The molecule has 0 bridgehead atoms. The summed E-state index contributed by atoms with van der Waals surface area (Å²) in [5.41, 5.74) is 0. The Hall–Kier alpha value is -1.18. The summed E-state index contributed by atoms with van der Waals surface area (Å²) < 4.78 is 0. The van der Waals surface area contributed by atoms with E-state index in [-0.39, 0.29) is 0 Å². The lowest BCUT2D eigenvalue weighted by Crippen LogP contribution is -2.07. The summed E-state index contributed by atoms with van der Waals surface area (Å²) in [6.07, 6.45) is 7.82. The molecular formula is C8H8O2. The first-order valence-electron chi connectivity index (χ1n) is 3.22. The molecule has 0 saturated carbocycles. The Kier molecular flexibility index (Phi) is 2.15. The van der Waals surface area contributed by atoms with Gasteiger partial charge in [-0.3, -0.25) is 9.59 Å². The van der Waals surface area contributed by atoms with E-state index in [9.17, 15) is 9.59 Å². The van der Waals surface area contributed by atoms with Gasteiger partial charge in [-0.2, -0.15) is 0 Å². The fraction of sp³-hybridized carbons (Fsp3) is 0.250. The summed E-state index contributed by atoms with van der Waals surface area (Å²) in [4.78, 5) is 21.4. The third-order valence-corrected chi connectivity index (χ3v) is 1.28. The van der Waals surface area contributed by atoms with Crippen LogP contribution in [0.15, 0.2) is 24.3 Å². The van der Waals surface area contributed by atoms with Crippen molar-refractivity contribution in [3.63, 3.8) is 0 Å². The average molecular weight is 136 g/mol. The van der Waals surface area contributed by atoms with E-state index >= 15 is 0 Å². The normalized spacial score (nSPS) is 18.8. The highest BCUT2D eigenvalue weighted by atomic mass is 16.2. The minimum absolute atomic E-state index is 0.420. The molecule has 0 aliphatic heterocycles. The molecule has 1 rings (SSSR count). The van der Waals surface area contributed by atoms with Crippen LogP contribution in [0.4, 0.5) is 0 Å². The van der Waals surface area contributed by atoms with E-state index in [1.165, 1.54) is 12.2 Å². The molecule has 10 heavy (non-hydrogen) atoms. The highest BCUT2D eigenvalue weighted by Crippen LogP contribution is 1.98. The van der Waals surface area contributed by atoms with Crippen LogP contribution >= 0.6 is 0 Å². The lowest BCUT2D eigenvalue weighted by Gasteiger charge is -1.92. The third kappa shape index (κ3) is 1.65. The van der Waals surface area contributed by atoms with E-state index in [2.05, 4.69) is 0 Å². The van der Waals surface area contributed by atoms with Crippen molar-refractivity contribution >= 4 is 11.6 Å². The Morgan fingerprint density at radius 3 is 1.70 bits per heavy atom. The first-order chi connectivity index (χ1) is 4.80. The number of hydrogen-bond donors (Lipinski definition) is 0. The molecule has 0 amide bonds. The number of hydrogen-bond acceptors (Lipinski definition) is 2. The molecule has 0 N–H and O–H groups in total. The van der Waals surface area contributed by atoms with E-state index in [1.807, 2.05) is 0 Å². The fourth-order valence-corrected chi connectivity index (χ4v) is 0.737. The van der Waals surface area contributed by atoms with E-state index in [0.29, 0.717) is 0 Å². The molecule has 2 heteroatoms. The van der Waals surface area contributed by atoms with Gasteiger partial charge in [-0.05, 0) is 25.0 Å². The SMILES string of the molecule is O=C1C=CCCC=CC1=O. The molecule has 0 fully saturated rings. The number of ketones is 2. The van der Waals surface area contributed by atoms with Gasteiger partial charge in [0.1, 0.15) is 0 Å². The molecule has 0 radical (unpaired) electrons. The van der Waals surface area contributed by atoms with Crippen LogP contribution in [0.3, 0.4) is 0 Å². The molecule has 0 aromatic rings. The lowest BCUT2D eigenvalue weighted by atomic mass is 10.1. The summed E-state index contributed by atoms with van der Waals surface area (Å²) >= 11 is 0. The van der Waals surface area contributed by atoms with Crippen molar-refractivity contribution in [1.29, 1.82) is 0 Å². The third-order valence-electron chi connectivity index (χ3n) is 1.28. The maximum Gasteiger partial charge on any atom is 0.225 e. The van der Waals surface area contributed by atoms with Crippen LogP contribution in [0.25, 0.3) is 0 Å². The van der Waals surface area contributed by atoms with Crippen LogP contribution in [0, 0.1) is 0 Å². The molecule has 1 aliphatic rings. The zero-order valence-electron chi connectivity index (χ0n) is 5.54. The predicted octanol–water partition coefficient (Wildman–Crippen LogP) is 1.03. The van der Waals surface area contributed by atoms with Gasteiger partial charge in [0.2, 0.25) is 11.6 Å². The molecule has 2 nitrogen and oxygen atoms in total. The molecule has 0 atom stereocenters. The van der Waals surface area contributed by atoms with Gasteiger partial charge < -0.3 is 0 Å². The van der Waals surface area contributed by atoms with Crippen molar-refractivity contribution < 1.29 is 9.59 Å². The topological polar surface area (TPSA) is 34.1 Å². The maximum atomic E-state index is 10.7. The minimum Gasteiger partial charge on any atom is -0.286 e. The van der Waals surface area contributed by atoms with Crippen LogP contribution in [0.2, 0.25) is 0 Å². The Morgan fingerprint density at radius 2 is 1.30 bits per heavy atom. The van der Waals surface area contributed by atoms with Crippen LogP contribution in [0.1, 0.15) is 12.8 Å². The van der Waals surface area contributed by atoms with E-state index < -0.39 is 11.6 Å². The van der Waals surface area contributed by atoms with Crippen LogP contribution in [-0.2, 0) is 9.59 Å². The first kappa shape index (κ1) is 6.93. The number of carbonyl (C=O) groups excluding carboxylic acids is 2. The zero-order chi connectivity index (χ0) is 7.40. The number of allylic oxidation sites excluding steroid dienone is 4. The van der Waals surface area contributed by atoms with E-state index in [4.69, 9.17) is 0 Å². The second-order valence-electron chi connectivity index (χ2n) is 2.11. The van der Waals surface area contributed by atoms with Gasteiger partial charge in [-0.25, -0.2) is 0 Å². The largest absolute Gasteiger partial charge is 0.286 e. The van der Waals surface area contributed by atoms with Crippen molar-refractivity contribution in [2.45, 2.75) is 12.8 Å². The number of carbonyl (C=O) groups is 2. The number of rotatable bonds is 0. The molecule has 1 aliphatic carbocycles. The molecule has 0 spiro atoms. The maximum absolute atomic E-state index is 10.7. The summed E-state index contributed by atoms with van der Waals surface area (Å²) in [6, 6.07) is 0. The van der Waals surface area contributed by atoms with Crippen molar-refractivity contribution in [3.8, 4) is 0 Å². The molecule has 0 saturated heterocycles. The van der Waals surface area contributed by atoms with Gasteiger partial charge in [0.15, 0.2) is 0 Å². The average Bonchev–Trinajstić information content (AvgIpc) is 1.92. The zero-order valence-corrected chi connectivity index (χ0v) is 5.54. The Labute approximate surface area is 59.2 Å². The van der Waals surface area contributed by atoms with Gasteiger partial charge >= 0.3 is 0 Å². The van der Waals surface area contributed by atoms with Gasteiger partial charge in [0, 0.05) is 0 Å². The fourth-order valence-electron chi connectivity index (χ4n) is 0.737. The molecule has 0 unspecified atom stereocenters. The van der Waals surface area contributed by atoms with E-state index in [1.54, 1.807) is 12.2 Å². The smallest absolute Gasteiger partial charge is 0.225 e. The first-order valence-corrected chi connectivity index (χ1v) is 3.22. The summed E-state index contributed by atoms with van der Waals surface area (Å²) in [5.74, 6) is -0.841. The summed E-state index contributed by atoms with van der Waals surface area (Å²) in [7, 11) is 0. The summed E-state index contributed by atoms with van der Waals surface area (Å²) in [6.45, 7) is 0. The van der Waals surface area contributed by atoms with Crippen molar-refractivity contribution in [1.82, 2.24) is 0 Å². The molecule has 52 valence electrons. The molecular weight excluding hydrogens is 128 g/mol. The monoisotopic (exact) mass is 136 g/mol. The highest BCUT2D eigenvalue weighted by Gasteiger charge is 2.05. The van der Waals surface area contributed by atoms with Gasteiger partial charge in [0.05, 0.1) is 0 Å². The molecule has 0 aromatic carbocycles. The Bertz CT molecular complexity index is 187. The second kappa shape index (κ2) is 3.11. The minimum atomic E-state index is -0.420. The van der Waals surface area contributed by atoms with Gasteiger partial charge in [0.25, 0.3) is 0 Å². The van der Waals surface area contributed by atoms with Gasteiger partial charge in [-0.15, -0.1) is 0 Å². The van der Waals surface area contributed by atoms with Crippen LogP contribution in [-0.4, -0.2) is 11.6 Å². The van der Waals surface area contributed by atoms with Crippen molar-refractivity contribution in [2.75, 3.05) is 0 Å². The quantitative estimate of drug-likeness (QED) is 0.466. The summed E-state index contributed by atoms with van der Waals surface area (Å²) in [5, 5.41) is 0. The van der Waals surface area contributed by atoms with E-state index in [0.717, 1.165) is 12.8 Å². The Balaban J connectivity index is 2.74. The molecule has 0 heterocycles. The predicted molar refractivity (Wildman–Crippen MR) is 37.5 cm³/mol. The highest BCUT2D eigenvalue weighted by molar-refractivity contribution is 6.45. The van der Waals surface area contributed by atoms with Crippen LogP contribution < -0.4 is 0 Å².